The first kappa shape index (κ1) is 18.6. The third-order valence-corrected chi connectivity index (χ3v) is 4.12. The molecule has 27 heavy (non-hydrogen) atoms. The number of nitrogens with zero attached hydrogens (tertiary/aromatic N) is 3. The van der Waals surface area contributed by atoms with Gasteiger partial charge in [-0.15, -0.1) is 0 Å². The average Bonchev–Trinajstić information content (AvgIpc) is 2.98. The molecule has 0 unspecified atom stereocenters. The van der Waals surface area contributed by atoms with E-state index in [0.717, 1.165) is 39.5 Å². The number of pyridine rings is 1. The van der Waals surface area contributed by atoms with E-state index in [-0.39, 0.29) is 5.91 Å². The Hall–Kier alpha value is -3.15. The number of nitrogens with one attached hydrogen (secondary N) is 1. The van der Waals surface area contributed by atoms with Crippen LogP contribution in [0.3, 0.4) is 0 Å². The molecular weight excluding hydrogens is 340 g/mol. The summed E-state index contributed by atoms with van der Waals surface area (Å²) in [5, 5.41) is 7.50. The van der Waals surface area contributed by atoms with E-state index in [0.29, 0.717) is 13.2 Å². The van der Waals surface area contributed by atoms with Crippen LogP contribution < -0.4 is 10.1 Å². The number of benzene rings is 1. The second-order valence-corrected chi connectivity index (χ2v) is 6.22. The molecule has 6 heteroatoms. The smallest absolute Gasteiger partial charge is 0.221 e. The van der Waals surface area contributed by atoms with Gasteiger partial charge >= 0.3 is 0 Å². The van der Waals surface area contributed by atoms with Gasteiger partial charge < -0.3 is 10.1 Å². The van der Waals surface area contributed by atoms with Crippen LogP contribution in [0.2, 0.25) is 0 Å². The van der Waals surface area contributed by atoms with Gasteiger partial charge in [-0.25, -0.2) is 0 Å². The van der Waals surface area contributed by atoms with Crippen molar-refractivity contribution in [2.45, 2.75) is 40.8 Å². The van der Waals surface area contributed by atoms with Gasteiger partial charge in [-0.1, -0.05) is 19.9 Å². The summed E-state index contributed by atoms with van der Waals surface area (Å²) >= 11 is 0. The third-order valence-electron chi connectivity index (χ3n) is 4.12. The molecule has 3 aromatic rings. The van der Waals surface area contributed by atoms with Crippen LogP contribution in [-0.4, -0.2) is 20.7 Å². The van der Waals surface area contributed by atoms with Gasteiger partial charge in [0.2, 0.25) is 5.91 Å². The lowest BCUT2D eigenvalue weighted by Crippen LogP contribution is -2.06. The van der Waals surface area contributed by atoms with Gasteiger partial charge in [-0.05, 0) is 30.7 Å². The van der Waals surface area contributed by atoms with Crippen LogP contribution in [0, 0.1) is 6.92 Å². The Bertz CT molecular complexity index is 963. The molecule has 0 saturated heterocycles. The summed E-state index contributed by atoms with van der Waals surface area (Å²) in [5.74, 6) is 0.674. The molecule has 140 valence electrons. The van der Waals surface area contributed by atoms with Gasteiger partial charge in [0.25, 0.3) is 0 Å². The minimum absolute atomic E-state index is 0.0992. The largest absolute Gasteiger partial charge is 0.487 e. The first-order chi connectivity index (χ1) is 13.1. The van der Waals surface area contributed by atoms with Crippen LogP contribution in [-0.2, 0) is 17.9 Å². The molecule has 0 saturated carbocycles. The maximum atomic E-state index is 11.2. The van der Waals surface area contributed by atoms with E-state index in [1.54, 1.807) is 0 Å². The summed E-state index contributed by atoms with van der Waals surface area (Å²) in [5.41, 5.74) is 5.78. The normalized spacial score (nSPS) is 11.9. The first-order valence-corrected chi connectivity index (χ1v) is 9.10. The van der Waals surface area contributed by atoms with Crippen LogP contribution >= 0.6 is 0 Å². The number of ether oxygens (including phenoxy) is 1. The molecule has 1 aromatic carbocycles. The van der Waals surface area contributed by atoms with E-state index >= 15 is 0 Å². The molecule has 0 aliphatic carbocycles. The van der Waals surface area contributed by atoms with Crippen molar-refractivity contribution in [1.29, 1.82) is 0 Å². The van der Waals surface area contributed by atoms with E-state index < -0.39 is 0 Å². The van der Waals surface area contributed by atoms with Crippen LogP contribution in [0.15, 0.2) is 42.7 Å². The Morgan fingerprint density at radius 2 is 2.00 bits per heavy atom. The van der Waals surface area contributed by atoms with E-state index in [4.69, 9.17) is 9.84 Å². The summed E-state index contributed by atoms with van der Waals surface area (Å²) in [6, 6.07) is 9.81. The average molecular weight is 364 g/mol. The fourth-order valence-electron chi connectivity index (χ4n) is 2.96. The molecule has 2 aromatic heterocycles. The molecule has 0 bridgehead atoms. The molecule has 4 rings (SSSR count). The van der Waals surface area contributed by atoms with Crippen molar-refractivity contribution in [2.24, 2.45) is 0 Å². The maximum Gasteiger partial charge on any atom is 0.221 e. The van der Waals surface area contributed by atoms with Crippen LogP contribution in [0.1, 0.15) is 37.6 Å². The van der Waals surface area contributed by atoms with E-state index in [2.05, 4.69) is 16.4 Å². The molecule has 3 heterocycles. The highest BCUT2D eigenvalue weighted by molar-refractivity contribution is 5.88. The van der Waals surface area contributed by atoms with Gasteiger partial charge in [0.15, 0.2) is 0 Å². The third kappa shape index (κ3) is 4.16. The number of carbonyl (C=O) groups excluding carboxylic acids is 1. The summed E-state index contributed by atoms with van der Waals surface area (Å²) < 4.78 is 7.90. The zero-order valence-corrected chi connectivity index (χ0v) is 16.1. The number of amides is 1. The van der Waals surface area contributed by atoms with Crippen molar-refractivity contribution in [2.75, 3.05) is 5.32 Å². The van der Waals surface area contributed by atoms with Gasteiger partial charge in [0, 0.05) is 42.2 Å². The molecule has 1 N–H and O–H groups in total. The Kier molecular flexibility index (Phi) is 5.54. The number of carbonyl (C=O) groups is 1. The van der Waals surface area contributed by atoms with Crippen molar-refractivity contribution >= 4 is 11.6 Å². The Labute approximate surface area is 159 Å². The van der Waals surface area contributed by atoms with Crippen LogP contribution in [0.25, 0.3) is 11.3 Å². The van der Waals surface area contributed by atoms with E-state index in [1.807, 2.05) is 62.1 Å². The number of aryl methyl sites for hydroxylation is 1. The number of rotatable bonds is 2. The summed E-state index contributed by atoms with van der Waals surface area (Å²) in [6.07, 6.45) is 3.65. The lowest BCUT2D eigenvalue weighted by atomic mass is 10.1. The Morgan fingerprint density at radius 1 is 1.19 bits per heavy atom. The minimum Gasteiger partial charge on any atom is -0.487 e. The minimum atomic E-state index is -0.0992. The van der Waals surface area contributed by atoms with Crippen molar-refractivity contribution in [1.82, 2.24) is 14.8 Å². The Balaban J connectivity index is 0.00000102. The number of fused-ring (bicyclic) bond motifs is 2. The summed E-state index contributed by atoms with van der Waals surface area (Å²) in [4.78, 5) is 15.5. The molecule has 1 aliphatic heterocycles. The quantitative estimate of drug-likeness (QED) is 0.741. The Morgan fingerprint density at radius 3 is 2.74 bits per heavy atom. The van der Waals surface area contributed by atoms with Gasteiger partial charge in [0.1, 0.15) is 12.4 Å². The number of aromatic nitrogens is 3. The van der Waals surface area contributed by atoms with Crippen LogP contribution in [0.4, 0.5) is 5.69 Å². The summed E-state index contributed by atoms with van der Waals surface area (Å²) in [6.45, 7) is 8.57. The SMILES string of the molecule is CC.CC(=O)Nc1ccc2c(c1)OCc1cc(-c3cncc(C)c3)nn1C2. The highest BCUT2D eigenvalue weighted by Gasteiger charge is 2.17. The molecule has 0 radical (unpaired) electrons. The molecule has 1 aliphatic rings. The lowest BCUT2D eigenvalue weighted by Gasteiger charge is -2.09. The second kappa shape index (κ2) is 8.03. The maximum absolute atomic E-state index is 11.2. The van der Waals surface area contributed by atoms with E-state index in [1.165, 1.54) is 6.92 Å². The van der Waals surface area contributed by atoms with Crippen LogP contribution in [0.5, 0.6) is 5.75 Å². The van der Waals surface area contributed by atoms with Crippen molar-refractivity contribution in [3.05, 3.63) is 59.5 Å². The topological polar surface area (TPSA) is 69.0 Å². The van der Waals surface area contributed by atoms with Crippen molar-refractivity contribution in [3.8, 4) is 17.0 Å². The van der Waals surface area contributed by atoms with Gasteiger partial charge in [-0.2, -0.15) is 5.10 Å². The highest BCUT2D eigenvalue weighted by atomic mass is 16.5. The predicted octanol–water partition coefficient (Wildman–Crippen LogP) is 4.18. The van der Waals surface area contributed by atoms with Crippen molar-refractivity contribution < 1.29 is 9.53 Å². The van der Waals surface area contributed by atoms with Gasteiger partial charge in [-0.3, -0.25) is 14.5 Å². The number of anilines is 1. The fourth-order valence-corrected chi connectivity index (χ4v) is 2.96. The molecule has 1 amide bonds. The van der Waals surface area contributed by atoms with E-state index in [9.17, 15) is 4.79 Å². The molecule has 0 atom stereocenters. The summed E-state index contributed by atoms with van der Waals surface area (Å²) in [7, 11) is 0. The highest BCUT2D eigenvalue weighted by Crippen LogP contribution is 2.29. The fraction of sp³-hybridized carbons (Fsp3) is 0.286. The molecule has 6 nitrogen and oxygen atoms in total. The van der Waals surface area contributed by atoms with Gasteiger partial charge in [0.05, 0.1) is 17.9 Å². The zero-order valence-electron chi connectivity index (χ0n) is 16.1. The monoisotopic (exact) mass is 364 g/mol. The van der Waals surface area contributed by atoms with Crippen molar-refractivity contribution in [3.63, 3.8) is 0 Å². The predicted molar refractivity (Wildman–Crippen MR) is 106 cm³/mol. The molecular formula is C21H24N4O2. The zero-order chi connectivity index (χ0) is 19.4. The number of hydrogen-bond acceptors (Lipinski definition) is 4. The first-order valence-electron chi connectivity index (χ1n) is 9.10. The number of hydrogen-bond donors (Lipinski definition) is 1. The lowest BCUT2D eigenvalue weighted by molar-refractivity contribution is -0.114. The standard InChI is InChI=1S/C19H18N4O2.C2H6/c1-12-5-15(9-20-8-12)18-7-17-11-25-19-6-16(21-13(2)24)4-3-14(19)10-23(17)22-18;1-2/h3-9H,10-11H2,1-2H3,(H,21,24);1-2H3. The molecule has 0 spiro atoms. The second-order valence-electron chi connectivity index (χ2n) is 6.22. The molecule has 0 fully saturated rings.